The maximum Gasteiger partial charge on any atom is 0.322 e. The number of nitrogens with two attached hydrogens (primary N) is 2. The molecule has 0 aliphatic heterocycles. The molecule has 16 heavy (non-hydrogen) atoms. The average molecular weight is 230 g/mol. The van der Waals surface area contributed by atoms with Crippen LogP contribution in [-0.4, -0.2) is 38.2 Å². The Hall–Kier alpha value is -1.40. The highest BCUT2D eigenvalue weighted by molar-refractivity contribution is 5.76. The topological polar surface area (TPSA) is 105 Å². The fourth-order valence-corrected chi connectivity index (χ4v) is 0.981. The molecule has 0 aromatic carbocycles. The molecule has 4 N–H and O–H groups in total. The number of esters is 2. The highest BCUT2D eigenvalue weighted by atomic mass is 16.5. The molecular formula is C10H18N2O4. The molecule has 0 unspecified atom stereocenters. The van der Waals surface area contributed by atoms with Crippen molar-refractivity contribution in [2.45, 2.75) is 24.9 Å². The summed E-state index contributed by atoms with van der Waals surface area (Å²) in [5.74, 6) is -0.941. The van der Waals surface area contributed by atoms with Crippen molar-refractivity contribution in [1.29, 1.82) is 0 Å². The molecular weight excluding hydrogens is 212 g/mol. The number of carbonyl (C=O) groups is 2. The predicted octanol–water partition coefficient (Wildman–Crippen LogP) is -0.677. The first-order valence-corrected chi connectivity index (χ1v) is 4.84. The van der Waals surface area contributed by atoms with Crippen LogP contribution in [0, 0.1) is 0 Å². The number of ether oxygens (including phenoxy) is 2. The normalized spacial score (nSPS) is 14.5. The summed E-state index contributed by atoms with van der Waals surface area (Å²) in [5.41, 5.74) is 11.0. The summed E-state index contributed by atoms with van der Waals surface area (Å²) >= 11 is 0. The van der Waals surface area contributed by atoms with Gasteiger partial charge in [0.25, 0.3) is 0 Å². The highest BCUT2D eigenvalue weighted by Gasteiger charge is 2.12. The first-order valence-electron chi connectivity index (χ1n) is 4.84. The second-order valence-electron chi connectivity index (χ2n) is 3.20. The summed E-state index contributed by atoms with van der Waals surface area (Å²) in [5, 5.41) is 0. The van der Waals surface area contributed by atoms with E-state index in [2.05, 4.69) is 9.47 Å². The first-order chi connectivity index (χ1) is 7.52. The second-order valence-corrected chi connectivity index (χ2v) is 3.20. The lowest BCUT2D eigenvalue weighted by atomic mass is 10.1. The van der Waals surface area contributed by atoms with E-state index < -0.39 is 24.0 Å². The van der Waals surface area contributed by atoms with Crippen LogP contribution in [0.25, 0.3) is 0 Å². The lowest BCUT2D eigenvalue weighted by molar-refractivity contribution is -0.142. The minimum atomic E-state index is -0.685. The standard InChI is InChI=1S/C10H18N2O4/c1-15-9(13)7(11)5-3-4-6-8(12)10(14)16-2/h3-4,7-8H,5-6,11-12H2,1-2H3/b4-3-/t7-,8-/m0/s1. The van der Waals surface area contributed by atoms with Crippen LogP contribution in [0.2, 0.25) is 0 Å². The Labute approximate surface area is 94.6 Å². The predicted molar refractivity (Wildman–Crippen MR) is 58.4 cm³/mol. The SMILES string of the molecule is COC(=O)[C@@H](N)C/C=C\C[C@H](N)C(=O)OC. The van der Waals surface area contributed by atoms with E-state index in [1.807, 2.05) is 0 Å². The number of hydrogen-bond donors (Lipinski definition) is 2. The molecule has 0 radical (unpaired) electrons. The molecule has 0 aromatic rings. The van der Waals surface area contributed by atoms with Gasteiger partial charge >= 0.3 is 11.9 Å². The van der Waals surface area contributed by atoms with Crippen LogP contribution in [0.5, 0.6) is 0 Å². The molecule has 0 aliphatic rings. The van der Waals surface area contributed by atoms with Crippen LogP contribution in [0.3, 0.4) is 0 Å². The maximum absolute atomic E-state index is 10.9. The van der Waals surface area contributed by atoms with Gasteiger partial charge in [-0.05, 0) is 12.8 Å². The van der Waals surface area contributed by atoms with Crippen LogP contribution in [0.15, 0.2) is 12.2 Å². The largest absolute Gasteiger partial charge is 0.468 e. The van der Waals surface area contributed by atoms with Gasteiger partial charge < -0.3 is 20.9 Å². The zero-order chi connectivity index (χ0) is 12.6. The van der Waals surface area contributed by atoms with Gasteiger partial charge in [-0.1, -0.05) is 12.2 Å². The molecule has 0 saturated carbocycles. The quantitative estimate of drug-likeness (QED) is 0.463. The molecule has 0 bridgehead atoms. The first kappa shape index (κ1) is 14.6. The molecule has 6 nitrogen and oxygen atoms in total. The van der Waals surface area contributed by atoms with Crippen LogP contribution >= 0.6 is 0 Å². The third kappa shape index (κ3) is 5.47. The molecule has 2 atom stereocenters. The van der Waals surface area contributed by atoms with E-state index in [4.69, 9.17) is 11.5 Å². The minimum Gasteiger partial charge on any atom is -0.468 e. The molecule has 0 amide bonds. The number of rotatable bonds is 6. The number of methoxy groups -OCH3 is 2. The van der Waals surface area contributed by atoms with Gasteiger partial charge in [0, 0.05) is 0 Å². The summed E-state index contributed by atoms with van der Waals surface area (Å²) in [7, 11) is 2.55. The molecule has 0 fully saturated rings. The van der Waals surface area contributed by atoms with Crippen LogP contribution in [0.1, 0.15) is 12.8 Å². The lowest BCUT2D eigenvalue weighted by Crippen LogP contribution is -2.31. The second kappa shape index (κ2) is 7.84. The van der Waals surface area contributed by atoms with Crippen molar-refractivity contribution in [3.63, 3.8) is 0 Å². The number of carbonyl (C=O) groups excluding carboxylic acids is 2. The van der Waals surface area contributed by atoms with E-state index >= 15 is 0 Å². The van der Waals surface area contributed by atoms with Crippen molar-refractivity contribution < 1.29 is 19.1 Å². The van der Waals surface area contributed by atoms with E-state index in [0.717, 1.165) is 0 Å². The summed E-state index contributed by atoms with van der Waals surface area (Å²) in [6.45, 7) is 0. The summed E-state index contributed by atoms with van der Waals surface area (Å²) in [4.78, 5) is 21.8. The molecule has 0 saturated heterocycles. The summed E-state index contributed by atoms with van der Waals surface area (Å²) in [6.07, 6.45) is 4.07. The minimum absolute atomic E-state index is 0.348. The Bertz CT molecular complexity index is 240. The van der Waals surface area contributed by atoms with E-state index in [0.29, 0.717) is 12.8 Å². The van der Waals surface area contributed by atoms with Crippen LogP contribution in [0.4, 0.5) is 0 Å². The Kier molecular flexibility index (Phi) is 7.15. The van der Waals surface area contributed by atoms with Gasteiger partial charge in [-0.3, -0.25) is 9.59 Å². The highest BCUT2D eigenvalue weighted by Crippen LogP contribution is 1.97. The molecule has 0 spiro atoms. The monoisotopic (exact) mass is 230 g/mol. The third-order valence-corrected chi connectivity index (χ3v) is 1.95. The molecule has 0 aromatic heterocycles. The van der Waals surface area contributed by atoms with E-state index in [-0.39, 0.29) is 0 Å². The Morgan fingerprint density at radius 1 is 1.00 bits per heavy atom. The van der Waals surface area contributed by atoms with Crippen molar-refractivity contribution >= 4 is 11.9 Å². The van der Waals surface area contributed by atoms with Gasteiger partial charge in [0.05, 0.1) is 14.2 Å². The Morgan fingerprint density at radius 3 is 1.56 bits per heavy atom. The van der Waals surface area contributed by atoms with Crippen molar-refractivity contribution in [3.8, 4) is 0 Å². The van der Waals surface area contributed by atoms with E-state index in [9.17, 15) is 9.59 Å². The average Bonchev–Trinajstić information content (AvgIpc) is 2.31. The van der Waals surface area contributed by atoms with Crippen molar-refractivity contribution in [2.75, 3.05) is 14.2 Å². The van der Waals surface area contributed by atoms with Crippen LogP contribution in [-0.2, 0) is 19.1 Å². The molecule has 92 valence electrons. The van der Waals surface area contributed by atoms with Gasteiger partial charge in [0.2, 0.25) is 0 Å². The van der Waals surface area contributed by atoms with Gasteiger partial charge in [-0.25, -0.2) is 0 Å². The molecule has 0 rings (SSSR count). The van der Waals surface area contributed by atoms with Gasteiger partial charge in [0.1, 0.15) is 12.1 Å². The molecule has 0 heterocycles. The summed E-state index contributed by atoms with van der Waals surface area (Å²) < 4.78 is 8.90. The van der Waals surface area contributed by atoms with Gasteiger partial charge in [-0.2, -0.15) is 0 Å². The van der Waals surface area contributed by atoms with Crippen molar-refractivity contribution in [3.05, 3.63) is 12.2 Å². The smallest absolute Gasteiger partial charge is 0.322 e. The maximum atomic E-state index is 10.9. The Morgan fingerprint density at radius 2 is 1.31 bits per heavy atom. The van der Waals surface area contributed by atoms with Crippen molar-refractivity contribution in [2.24, 2.45) is 11.5 Å². The zero-order valence-corrected chi connectivity index (χ0v) is 9.51. The van der Waals surface area contributed by atoms with Crippen molar-refractivity contribution in [1.82, 2.24) is 0 Å². The fraction of sp³-hybridized carbons (Fsp3) is 0.600. The van der Waals surface area contributed by atoms with E-state index in [1.165, 1.54) is 14.2 Å². The lowest BCUT2D eigenvalue weighted by Gasteiger charge is -2.06. The zero-order valence-electron chi connectivity index (χ0n) is 9.51. The number of hydrogen-bond acceptors (Lipinski definition) is 6. The van der Waals surface area contributed by atoms with Gasteiger partial charge in [0.15, 0.2) is 0 Å². The summed E-state index contributed by atoms with van der Waals surface area (Å²) in [6, 6.07) is -1.37. The Balaban J connectivity index is 3.86. The molecule has 6 heteroatoms. The fourth-order valence-electron chi connectivity index (χ4n) is 0.981. The van der Waals surface area contributed by atoms with Crippen LogP contribution < -0.4 is 11.5 Å². The van der Waals surface area contributed by atoms with Gasteiger partial charge in [-0.15, -0.1) is 0 Å². The van der Waals surface area contributed by atoms with E-state index in [1.54, 1.807) is 12.2 Å². The molecule has 0 aliphatic carbocycles. The third-order valence-electron chi connectivity index (χ3n) is 1.95.